The first-order valence-corrected chi connectivity index (χ1v) is 13.9. The van der Waals surface area contributed by atoms with E-state index in [0.717, 1.165) is 12.8 Å². The van der Waals surface area contributed by atoms with Crippen LogP contribution in [0.2, 0.25) is 0 Å². The summed E-state index contributed by atoms with van der Waals surface area (Å²) in [6, 6.07) is 9.04. The van der Waals surface area contributed by atoms with Crippen molar-refractivity contribution >= 4 is 29.1 Å². The summed E-state index contributed by atoms with van der Waals surface area (Å²) in [5.74, 6) is 0.963. The Hall–Kier alpha value is -3.80. The van der Waals surface area contributed by atoms with Crippen LogP contribution in [0.25, 0.3) is 10.5 Å². The van der Waals surface area contributed by atoms with Crippen molar-refractivity contribution in [1.82, 2.24) is 14.6 Å². The van der Waals surface area contributed by atoms with E-state index in [1.54, 1.807) is 19.2 Å². The summed E-state index contributed by atoms with van der Waals surface area (Å²) in [5, 5.41) is 3.10. The molecule has 1 aliphatic carbocycles. The van der Waals surface area contributed by atoms with Gasteiger partial charge in [-0.25, -0.2) is 23.9 Å². The molecule has 0 radical (unpaired) electrons. The lowest BCUT2D eigenvalue weighted by molar-refractivity contribution is -0.0277. The second-order valence-electron chi connectivity index (χ2n) is 11.1. The van der Waals surface area contributed by atoms with Crippen molar-refractivity contribution < 1.29 is 19.1 Å². The first-order valence-electron chi connectivity index (χ1n) is 13.9. The fraction of sp³-hybridized carbons (Fsp3) is 0.533. The van der Waals surface area contributed by atoms with E-state index in [1.807, 2.05) is 32.0 Å². The lowest BCUT2D eigenvalue weighted by Crippen LogP contribution is -2.38. The number of carbonyl (C=O) groups is 2. The molecule has 1 N–H and O–H groups in total. The summed E-state index contributed by atoms with van der Waals surface area (Å²) in [7, 11) is 1.58. The van der Waals surface area contributed by atoms with Gasteiger partial charge in [0.1, 0.15) is 17.5 Å². The first-order chi connectivity index (χ1) is 18.7. The number of fused-ring (bicyclic) bond motifs is 1. The zero-order chi connectivity index (χ0) is 28.3. The smallest absolute Gasteiger partial charge is 0.419 e. The van der Waals surface area contributed by atoms with Crippen molar-refractivity contribution in [2.24, 2.45) is 17.8 Å². The normalized spacial score (nSPS) is 21.1. The number of anilines is 1. The van der Waals surface area contributed by atoms with Crippen LogP contribution in [-0.2, 0) is 4.74 Å². The Kier molecular flexibility index (Phi) is 8.63. The van der Waals surface area contributed by atoms with Gasteiger partial charge in [0, 0.05) is 18.7 Å². The summed E-state index contributed by atoms with van der Waals surface area (Å²) in [5.41, 5.74) is 0.771. The van der Waals surface area contributed by atoms with Crippen molar-refractivity contribution in [3.63, 3.8) is 0 Å². The van der Waals surface area contributed by atoms with Crippen LogP contribution in [0.15, 0.2) is 30.3 Å². The predicted molar refractivity (Wildman–Crippen MR) is 151 cm³/mol. The average molecular weight is 534 g/mol. The molecule has 9 heteroatoms. The molecule has 2 aromatic heterocycles. The number of aromatic nitrogens is 3. The number of amides is 1. The van der Waals surface area contributed by atoms with Crippen molar-refractivity contribution in [2.75, 3.05) is 11.9 Å². The van der Waals surface area contributed by atoms with Gasteiger partial charge < -0.3 is 9.47 Å². The largest absolute Gasteiger partial charge is 0.459 e. The highest BCUT2D eigenvalue weighted by molar-refractivity contribution is 6.05. The number of hydrogen-bond donors (Lipinski definition) is 1. The van der Waals surface area contributed by atoms with Crippen LogP contribution in [0.5, 0.6) is 5.88 Å². The first kappa shape index (κ1) is 28.2. The Morgan fingerprint density at radius 2 is 1.87 bits per heavy atom. The van der Waals surface area contributed by atoms with Crippen LogP contribution < -0.4 is 9.64 Å². The molecule has 3 aromatic rings. The molecule has 4 rings (SSSR count). The quantitative estimate of drug-likeness (QED) is 0.241. The minimum atomic E-state index is -0.696. The SMILES string of the molecule is [C-]#[N+]c1c(C(=O)OC2C(C)CC(CCCC)CC2C)c2nc(C(C)C)[nH]n2c1OC(=O)N(C)c1ccccc1. The van der Waals surface area contributed by atoms with E-state index in [4.69, 9.17) is 16.0 Å². The van der Waals surface area contributed by atoms with Crippen LogP contribution in [0.4, 0.5) is 16.2 Å². The van der Waals surface area contributed by atoms with Gasteiger partial charge in [-0.3, -0.25) is 10.00 Å². The zero-order valence-electron chi connectivity index (χ0n) is 23.7. The molecule has 9 nitrogen and oxygen atoms in total. The number of nitrogens with one attached hydrogen (secondary N) is 1. The minimum Gasteiger partial charge on any atom is -0.459 e. The standard InChI is InChI=1S/C30H39N5O4/c1-8-9-13-21-16-19(4)25(20(5)17-21)38-29(36)23-24(31-6)28(35-27(23)32-26(33-35)18(2)3)39-30(37)34(7)22-14-11-10-12-15-22/h10-12,14-15,18-21,25H,8-9,13,16-17H2,1-5,7H3,(H,32,33). The number of H-pyrrole nitrogens is 1. The minimum absolute atomic E-state index is 0.0131. The summed E-state index contributed by atoms with van der Waals surface area (Å²) >= 11 is 0. The van der Waals surface area contributed by atoms with Crippen LogP contribution in [-0.4, -0.2) is 39.8 Å². The van der Waals surface area contributed by atoms with Gasteiger partial charge in [0.2, 0.25) is 5.88 Å². The number of carbonyl (C=O) groups excluding carboxylic acids is 2. The van der Waals surface area contributed by atoms with Crippen LogP contribution >= 0.6 is 0 Å². The second kappa shape index (κ2) is 11.9. The fourth-order valence-electron chi connectivity index (χ4n) is 5.66. The lowest BCUT2D eigenvalue weighted by atomic mass is 9.73. The van der Waals surface area contributed by atoms with E-state index in [0.29, 0.717) is 17.4 Å². The molecule has 1 aromatic carbocycles. The summed E-state index contributed by atoms with van der Waals surface area (Å²) < 4.78 is 13.2. The summed E-state index contributed by atoms with van der Waals surface area (Å²) in [6.45, 7) is 18.3. The topological polar surface area (TPSA) is 93.3 Å². The number of para-hydroxylation sites is 1. The fourth-order valence-corrected chi connectivity index (χ4v) is 5.66. The molecule has 0 saturated heterocycles. The molecule has 39 heavy (non-hydrogen) atoms. The molecule has 0 spiro atoms. The van der Waals surface area contributed by atoms with Crippen molar-refractivity contribution in [2.45, 2.75) is 78.7 Å². The molecule has 1 amide bonds. The number of nitrogens with zero attached hydrogens (tertiary/aromatic N) is 4. The molecule has 1 saturated carbocycles. The molecular formula is C30H39N5O4. The highest BCUT2D eigenvalue weighted by Crippen LogP contribution is 2.41. The predicted octanol–water partition coefficient (Wildman–Crippen LogP) is 7.37. The van der Waals surface area contributed by atoms with E-state index in [9.17, 15) is 9.59 Å². The molecule has 0 aliphatic heterocycles. The van der Waals surface area contributed by atoms with Crippen molar-refractivity contribution in [3.8, 4) is 5.88 Å². The Balaban J connectivity index is 1.66. The highest BCUT2D eigenvalue weighted by atomic mass is 16.6. The number of ether oxygens (including phenoxy) is 2. The molecule has 2 heterocycles. The molecule has 2 atom stereocenters. The van der Waals surface area contributed by atoms with Gasteiger partial charge in [-0.2, -0.15) is 0 Å². The zero-order valence-corrected chi connectivity index (χ0v) is 23.7. The number of rotatable bonds is 8. The van der Waals surface area contributed by atoms with Gasteiger partial charge in [0.15, 0.2) is 5.65 Å². The van der Waals surface area contributed by atoms with E-state index in [2.05, 4.69) is 35.7 Å². The number of aromatic amines is 1. The third kappa shape index (κ3) is 5.80. The number of esters is 1. The number of hydrogen-bond acceptors (Lipinski definition) is 5. The second-order valence-corrected chi connectivity index (χ2v) is 11.1. The van der Waals surface area contributed by atoms with E-state index < -0.39 is 12.1 Å². The Bertz CT molecular complexity index is 1340. The van der Waals surface area contributed by atoms with Crippen molar-refractivity contribution in [3.05, 3.63) is 53.1 Å². The Morgan fingerprint density at radius 1 is 1.21 bits per heavy atom. The van der Waals surface area contributed by atoms with Crippen LogP contribution in [0.1, 0.15) is 88.8 Å². The molecule has 208 valence electrons. The van der Waals surface area contributed by atoms with Gasteiger partial charge in [-0.15, -0.1) is 0 Å². The molecule has 0 bridgehead atoms. The average Bonchev–Trinajstić information content (AvgIpc) is 3.47. The van der Waals surface area contributed by atoms with Crippen LogP contribution in [0.3, 0.4) is 0 Å². The van der Waals surface area contributed by atoms with Gasteiger partial charge >= 0.3 is 12.1 Å². The molecular weight excluding hydrogens is 494 g/mol. The third-order valence-corrected chi connectivity index (χ3v) is 7.74. The van der Waals surface area contributed by atoms with Gasteiger partial charge in [-0.1, -0.05) is 72.1 Å². The van der Waals surface area contributed by atoms with Gasteiger partial charge in [0.25, 0.3) is 5.69 Å². The number of benzene rings is 1. The maximum atomic E-state index is 13.7. The maximum Gasteiger partial charge on any atom is 0.419 e. The van der Waals surface area contributed by atoms with Crippen LogP contribution in [0, 0.1) is 24.3 Å². The molecule has 2 unspecified atom stereocenters. The van der Waals surface area contributed by atoms with Gasteiger partial charge in [0.05, 0.1) is 6.57 Å². The van der Waals surface area contributed by atoms with E-state index in [-0.39, 0.29) is 46.6 Å². The third-order valence-electron chi connectivity index (χ3n) is 7.74. The van der Waals surface area contributed by atoms with Gasteiger partial charge in [-0.05, 0) is 42.7 Å². The highest BCUT2D eigenvalue weighted by Gasteiger charge is 2.38. The summed E-state index contributed by atoms with van der Waals surface area (Å²) in [6.07, 6.45) is 4.66. The maximum absolute atomic E-state index is 13.7. The van der Waals surface area contributed by atoms with E-state index in [1.165, 1.54) is 28.7 Å². The Morgan fingerprint density at radius 3 is 2.46 bits per heavy atom. The Labute approximate surface area is 230 Å². The van der Waals surface area contributed by atoms with Crippen molar-refractivity contribution in [1.29, 1.82) is 0 Å². The number of unbranched alkanes of at least 4 members (excludes halogenated alkanes) is 1. The molecule has 1 fully saturated rings. The summed E-state index contributed by atoms with van der Waals surface area (Å²) in [4.78, 5) is 36.3. The molecule has 1 aliphatic rings. The lowest BCUT2D eigenvalue weighted by Gasteiger charge is -2.38. The van der Waals surface area contributed by atoms with E-state index >= 15 is 0 Å². The monoisotopic (exact) mass is 533 g/mol.